The topological polar surface area (TPSA) is 87.9 Å². The predicted octanol–water partition coefficient (Wildman–Crippen LogP) is 2.69. The fourth-order valence-corrected chi connectivity index (χ4v) is 4.36. The van der Waals surface area contributed by atoms with E-state index in [9.17, 15) is 22.8 Å². The van der Waals surface area contributed by atoms with Crippen molar-refractivity contribution >= 4 is 29.4 Å². The molecule has 160 valence electrons. The molecule has 0 aliphatic carbocycles. The van der Waals surface area contributed by atoms with E-state index in [0.717, 1.165) is 24.4 Å². The Balaban J connectivity index is 1.46. The molecule has 3 rings (SSSR count). The number of carbonyl (C=O) groups is 2. The number of carbonyl (C=O) groups excluding carboxylic acids is 2. The van der Waals surface area contributed by atoms with Crippen LogP contribution in [0.15, 0.2) is 24.3 Å². The van der Waals surface area contributed by atoms with Crippen LogP contribution >= 0.6 is 11.8 Å². The van der Waals surface area contributed by atoms with Crippen LogP contribution in [0.5, 0.6) is 5.75 Å². The summed E-state index contributed by atoms with van der Waals surface area (Å²) in [6.07, 6.45) is -3.51. The van der Waals surface area contributed by atoms with E-state index in [2.05, 4.69) is 10.1 Å². The van der Waals surface area contributed by atoms with Crippen molar-refractivity contribution in [1.29, 1.82) is 0 Å². The van der Waals surface area contributed by atoms with Crippen LogP contribution in [0.1, 0.15) is 12.8 Å². The first-order valence-corrected chi connectivity index (χ1v) is 10.4. The quantitative estimate of drug-likeness (QED) is 0.764. The normalized spacial score (nSPS) is 19.2. The molecule has 1 atom stereocenters. The van der Waals surface area contributed by atoms with E-state index in [1.165, 1.54) is 12.1 Å². The average Bonchev–Trinajstić information content (AvgIpc) is 3.22. The second-order valence-corrected chi connectivity index (χ2v) is 8.07. The van der Waals surface area contributed by atoms with Gasteiger partial charge < -0.3 is 25.6 Å². The minimum atomic E-state index is -4.76. The van der Waals surface area contributed by atoms with Crippen molar-refractivity contribution in [2.45, 2.75) is 25.2 Å². The Hall–Kier alpha value is -2.14. The van der Waals surface area contributed by atoms with Gasteiger partial charge in [0.2, 0.25) is 5.91 Å². The van der Waals surface area contributed by atoms with Crippen molar-refractivity contribution in [1.82, 2.24) is 9.80 Å². The number of alkyl halides is 3. The zero-order chi connectivity index (χ0) is 21.0. The van der Waals surface area contributed by atoms with Crippen LogP contribution in [-0.2, 0) is 4.79 Å². The van der Waals surface area contributed by atoms with Gasteiger partial charge in [-0.1, -0.05) is 0 Å². The van der Waals surface area contributed by atoms with Gasteiger partial charge in [-0.25, -0.2) is 4.79 Å². The number of amides is 3. The summed E-state index contributed by atoms with van der Waals surface area (Å²) in [5.41, 5.74) is 6.53. The Morgan fingerprint density at radius 2 is 1.79 bits per heavy atom. The van der Waals surface area contributed by atoms with Crippen molar-refractivity contribution in [3.05, 3.63) is 24.3 Å². The van der Waals surface area contributed by atoms with Crippen LogP contribution in [-0.4, -0.2) is 65.4 Å². The number of urea groups is 1. The molecule has 29 heavy (non-hydrogen) atoms. The molecule has 2 aliphatic rings. The summed E-state index contributed by atoms with van der Waals surface area (Å²) in [7, 11) is 0. The molecule has 3 N–H and O–H groups in total. The number of anilines is 1. The third-order valence-electron chi connectivity index (χ3n) is 5.02. The highest BCUT2D eigenvalue weighted by atomic mass is 32.2. The molecule has 0 saturated carbocycles. The maximum atomic E-state index is 12.4. The van der Waals surface area contributed by atoms with Gasteiger partial charge in [0.1, 0.15) is 5.75 Å². The molecule has 2 aliphatic heterocycles. The molecule has 2 fully saturated rings. The van der Waals surface area contributed by atoms with Crippen molar-refractivity contribution in [3.63, 3.8) is 0 Å². The van der Waals surface area contributed by atoms with Crippen LogP contribution in [0.25, 0.3) is 0 Å². The minimum Gasteiger partial charge on any atom is -0.406 e. The molecule has 0 radical (unpaired) electrons. The van der Waals surface area contributed by atoms with E-state index in [4.69, 9.17) is 5.73 Å². The average molecular weight is 432 g/mol. The summed E-state index contributed by atoms with van der Waals surface area (Å²) in [5.74, 6) is 1.25. The molecular weight excluding hydrogens is 409 g/mol. The van der Waals surface area contributed by atoms with E-state index < -0.39 is 12.4 Å². The van der Waals surface area contributed by atoms with Crippen LogP contribution in [0.3, 0.4) is 0 Å². The number of benzene rings is 1. The van der Waals surface area contributed by atoms with Crippen molar-refractivity contribution in [2.75, 3.05) is 36.6 Å². The number of halogens is 3. The number of nitrogens with one attached hydrogen (secondary N) is 1. The molecule has 0 spiro atoms. The molecule has 1 aromatic rings. The molecule has 1 unspecified atom stereocenters. The maximum absolute atomic E-state index is 12.4. The Labute approximate surface area is 170 Å². The number of likely N-dealkylation sites (tertiary alicyclic amines) is 1. The van der Waals surface area contributed by atoms with Crippen LogP contribution in [0.4, 0.5) is 23.7 Å². The first-order valence-electron chi connectivity index (χ1n) is 9.27. The molecule has 11 heteroatoms. The SMILES string of the molecule is NC(C(=O)N1CCSC1)C1CCN(C(=O)Nc2ccc(OC(F)(F)F)cc2)CC1. The molecule has 3 amide bonds. The molecule has 0 bridgehead atoms. The zero-order valence-corrected chi connectivity index (χ0v) is 16.5. The fourth-order valence-electron chi connectivity index (χ4n) is 3.40. The lowest BCUT2D eigenvalue weighted by Crippen LogP contribution is -2.51. The third kappa shape index (κ3) is 5.92. The third-order valence-corrected chi connectivity index (χ3v) is 5.99. The van der Waals surface area contributed by atoms with Gasteiger partial charge in [0, 0.05) is 31.1 Å². The van der Waals surface area contributed by atoms with Gasteiger partial charge in [-0.15, -0.1) is 24.9 Å². The molecule has 2 heterocycles. The highest BCUT2D eigenvalue weighted by Gasteiger charge is 2.33. The van der Waals surface area contributed by atoms with Gasteiger partial charge in [-0.2, -0.15) is 0 Å². The van der Waals surface area contributed by atoms with Crippen molar-refractivity contribution in [3.8, 4) is 5.75 Å². The number of piperidine rings is 1. The second-order valence-electron chi connectivity index (χ2n) is 6.99. The van der Waals surface area contributed by atoms with Gasteiger partial charge in [-0.3, -0.25) is 4.79 Å². The van der Waals surface area contributed by atoms with Crippen LogP contribution in [0, 0.1) is 5.92 Å². The first kappa shape index (κ1) is 21.6. The van der Waals surface area contributed by atoms with Gasteiger partial charge in [-0.05, 0) is 43.0 Å². The lowest BCUT2D eigenvalue weighted by Gasteiger charge is -2.35. The largest absolute Gasteiger partial charge is 0.573 e. The monoisotopic (exact) mass is 432 g/mol. The van der Waals surface area contributed by atoms with Gasteiger partial charge in [0.25, 0.3) is 0 Å². The van der Waals surface area contributed by atoms with E-state index in [1.54, 1.807) is 21.6 Å². The zero-order valence-electron chi connectivity index (χ0n) is 15.7. The standard InChI is InChI=1S/C18H23F3N4O3S/c19-18(20,21)28-14-3-1-13(2-4-14)23-17(27)24-7-5-12(6-8-24)15(22)16(26)25-9-10-29-11-25/h1-4,12,15H,5-11,22H2,(H,23,27). The van der Waals surface area contributed by atoms with Crippen LogP contribution < -0.4 is 15.8 Å². The number of nitrogens with zero attached hydrogens (tertiary/aromatic N) is 2. The lowest BCUT2D eigenvalue weighted by atomic mass is 9.89. The Morgan fingerprint density at radius 3 is 2.34 bits per heavy atom. The summed E-state index contributed by atoms with van der Waals surface area (Å²) in [6.45, 7) is 1.65. The number of rotatable bonds is 4. The van der Waals surface area contributed by atoms with Crippen molar-refractivity contribution in [2.24, 2.45) is 11.7 Å². The van der Waals surface area contributed by atoms with E-state index in [0.29, 0.717) is 37.5 Å². The molecular formula is C18H23F3N4O3S. The number of nitrogens with two attached hydrogens (primary N) is 1. The lowest BCUT2D eigenvalue weighted by molar-refractivity contribution is -0.274. The summed E-state index contributed by atoms with van der Waals surface area (Å²) in [5, 5.41) is 2.65. The summed E-state index contributed by atoms with van der Waals surface area (Å²) < 4.78 is 40.4. The van der Waals surface area contributed by atoms with Gasteiger partial charge >= 0.3 is 12.4 Å². The summed E-state index contributed by atoms with van der Waals surface area (Å²) in [6, 6.07) is 4.06. The van der Waals surface area contributed by atoms with Gasteiger partial charge in [0.15, 0.2) is 0 Å². The summed E-state index contributed by atoms with van der Waals surface area (Å²) >= 11 is 1.71. The molecule has 0 aromatic heterocycles. The van der Waals surface area contributed by atoms with Crippen molar-refractivity contribution < 1.29 is 27.5 Å². The highest BCUT2D eigenvalue weighted by molar-refractivity contribution is 7.99. The van der Waals surface area contributed by atoms with E-state index in [1.807, 2.05) is 0 Å². The van der Waals surface area contributed by atoms with E-state index in [-0.39, 0.29) is 23.6 Å². The molecule has 1 aromatic carbocycles. The Morgan fingerprint density at radius 1 is 1.14 bits per heavy atom. The Bertz CT molecular complexity index is 718. The van der Waals surface area contributed by atoms with E-state index >= 15 is 0 Å². The number of ether oxygens (including phenoxy) is 1. The summed E-state index contributed by atoms with van der Waals surface area (Å²) in [4.78, 5) is 28.2. The predicted molar refractivity (Wildman–Crippen MR) is 103 cm³/mol. The molecule has 7 nitrogen and oxygen atoms in total. The number of thioether (sulfide) groups is 1. The number of hydrogen-bond donors (Lipinski definition) is 2. The fraction of sp³-hybridized carbons (Fsp3) is 0.556. The van der Waals surface area contributed by atoms with Gasteiger partial charge in [0.05, 0.1) is 11.9 Å². The Kier molecular flexibility index (Phi) is 6.78. The number of hydrogen-bond acceptors (Lipinski definition) is 5. The maximum Gasteiger partial charge on any atom is 0.573 e. The highest BCUT2D eigenvalue weighted by Crippen LogP contribution is 2.25. The second kappa shape index (κ2) is 9.12. The molecule has 2 saturated heterocycles. The minimum absolute atomic E-state index is 0.0240. The van der Waals surface area contributed by atoms with Crippen LogP contribution in [0.2, 0.25) is 0 Å². The first-order chi connectivity index (χ1) is 13.7. The smallest absolute Gasteiger partial charge is 0.406 e.